The number of nitriles is 1. The van der Waals surface area contributed by atoms with Crippen molar-refractivity contribution in [2.75, 3.05) is 0 Å². The smallest absolute Gasteiger partial charge is 0.281 e. The van der Waals surface area contributed by atoms with Crippen LogP contribution >= 0.6 is 0 Å². The average molecular weight is 350 g/mol. The van der Waals surface area contributed by atoms with Gasteiger partial charge in [0.2, 0.25) is 5.88 Å². The molecule has 6 nitrogen and oxygen atoms in total. The van der Waals surface area contributed by atoms with E-state index in [0.29, 0.717) is 11.3 Å². The van der Waals surface area contributed by atoms with Crippen molar-refractivity contribution in [3.63, 3.8) is 0 Å². The van der Waals surface area contributed by atoms with Gasteiger partial charge in [0.25, 0.3) is 5.56 Å². The van der Waals surface area contributed by atoms with Gasteiger partial charge in [0.05, 0.1) is 5.69 Å². The van der Waals surface area contributed by atoms with E-state index >= 15 is 0 Å². The largest absolute Gasteiger partial charge is 0.493 e. The van der Waals surface area contributed by atoms with Gasteiger partial charge in [-0.2, -0.15) is 10.4 Å². The normalized spacial score (nSPS) is 14.8. The lowest BCUT2D eigenvalue weighted by Gasteiger charge is -2.18. The second kappa shape index (κ2) is 7.52. The minimum absolute atomic E-state index is 0.0896. The fourth-order valence-corrected chi connectivity index (χ4v) is 3.44. The van der Waals surface area contributed by atoms with E-state index in [9.17, 15) is 15.2 Å². The van der Waals surface area contributed by atoms with Crippen LogP contribution in [-0.2, 0) is 6.42 Å². The third-order valence-corrected chi connectivity index (χ3v) is 5.02. The molecular weight excluding hydrogens is 328 g/mol. The van der Waals surface area contributed by atoms with Crippen LogP contribution in [0.3, 0.4) is 0 Å². The molecule has 1 aliphatic carbocycles. The molecule has 3 rings (SSSR count). The number of aryl methyl sites for hydroxylation is 1. The lowest BCUT2D eigenvalue weighted by atomic mass is 10.1. The Kier molecular flexibility index (Phi) is 5.17. The zero-order chi connectivity index (χ0) is 18.7. The first-order valence-corrected chi connectivity index (χ1v) is 8.95. The predicted molar refractivity (Wildman–Crippen MR) is 99.3 cm³/mol. The van der Waals surface area contributed by atoms with Crippen molar-refractivity contribution in [3.8, 4) is 11.9 Å². The van der Waals surface area contributed by atoms with Crippen molar-refractivity contribution in [2.24, 2.45) is 10.2 Å². The summed E-state index contributed by atoms with van der Waals surface area (Å²) < 4.78 is 1.33. The highest BCUT2D eigenvalue weighted by Gasteiger charge is 2.26. The molecule has 1 fully saturated rings. The van der Waals surface area contributed by atoms with Crippen molar-refractivity contribution in [1.29, 1.82) is 5.26 Å². The van der Waals surface area contributed by atoms with Crippen molar-refractivity contribution in [1.82, 2.24) is 4.57 Å². The summed E-state index contributed by atoms with van der Waals surface area (Å²) in [5.74, 6) is -0.256. The van der Waals surface area contributed by atoms with Gasteiger partial charge in [0.1, 0.15) is 11.6 Å². The molecule has 2 aromatic rings. The molecule has 1 N–H and O–H groups in total. The maximum absolute atomic E-state index is 12.9. The fourth-order valence-electron chi connectivity index (χ4n) is 3.44. The van der Waals surface area contributed by atoms with Gasteiger partial charge < -0.3 is 5.11 Å². The number of aromatic nitrogens is 1. The van der Waals surface area contributed by atoms with Crippen LogP contribution < -0.4 is 5.56 Å². The van der Waals surface area contributed by atoms with E-state index in [1.165, 1.54) is 10.1 Å². The molecule has 0 amide bonds. The van der Waals surface area contributed by atoms with Gasteiger partial charge in [0.15, 0.2) is 5.69 Å². The SMILES string of the molecule is CCc1ccc(N=Nc2c(C)c(C#N)c(O)n(C3CCCC3)c2=O)cc1. The molecule has 0 radical (unpaired) electrons. The van der Waals surface area contributed by atoms with E-state index in [0.717, 1.165) is 32.1 Å². The molecule has 0 spiro atoms. The third-order valence-electron chi connectivity index (χ3n) is 5.02. The van der Waals surface area contributed by atoms with Crippen molar-refractivity contribution in [3.05, 3.63) is 51.3 Å². The van der Waals surface area contributed by atoms with Gasteiger partial charge in [-0.05, 0) is 43.9 Å². The first-order chi connectivity index (χ1) is 12.6. The predicted octanol–water partition coefficient (Wildman–Crippen LogP) is 4.83. The maximum atomic E-state index is 12.9. The Hall–Kier alpha value is -2.94. The van der Waals surface area contributed by atoms with E-state index < -0.39 is 0 Å². The molecular formula is C20H22N4O2. The lowest BCUT2D eigenvalue weighted by molar-refractivity contribution is 0.368. The Labute approximate surface area is 152 Å². The number of aromatic hydroxyl groups is 1. The summed E-state index contributed by atoms with van der Waals surface area (Å²) in [6, 6.07) is 9.53. The molecule has 6 heteroatoms. The van der Waals surface area contributed by atoms with Crippen LogP contribution in [0, 0.1) is 18.3 Å². The topological polar surface area (TPSA) is 90.7 Å². The van der Waals surface area contributed by atoms with Crippen molar-refractivity contribution < 1.29 is 5.11 Å². The van der Waals surface area contributed by atoms with Gasteiger partial charge in [-0.15, -0.1) is 5.11 Å². The van der Waals surface area contributed by atoms with Crippen LogP contribution in [0.15, 0.2) is 39.3 Å². The Balaban J connectivity index is 2.08. The molecule has 134 valence electrons. The second-order valence-electron chi connectivity index (χ2n) is 6.62. The van der Waals surface area contributed by atoms with E-state index in [2.05, 4.69) is 17.2 Å². The number of rotatable bonds is 4. The summed E-state index contributed by atoms with van der Waals surface area (Å²) in [7, 11) is 0. The summed E-state index contributed by atoms with van der Waals surface area (Å²) in [5.41, 5.74) is 2.01. The second-order valence-corrected chi connectivity index (χ2v) is 6.62. The van der Waals surface area contributed by atoms with Crippen LogP contribution in [0.2, 0.25) is 0 Å². The van der Waals surface area contributed by atoms with E-state index in [4.69, 9.17) is 0 Å². The summed E-state index contributed by atoms with van der Waals surface area (Å²) in [4.78, 5) is 12.9. The van der Waals surface area contributed by atoms with Gasteiger partial charge in [-0.3, -0.25) is 9.36 Å². The molecule has 1 saturated carbocycles. The molecule has 0 saturated heterocycles. The van der Waals surface area contributed by atoms with Crippen molar-refractivity contribution in [2.45, 2.75) is 52.0 Å². The molecule has 0 aliphatic heterocycles. The van der Waals surface area contributed by atoms with Gasteiger partial charge >= 0.3 is 0 Å². The summed E-state index contributed by atoms with van der Waals surface area (Å²) >= 11 is 0. The van der Waals surface area contributed by atoms with E-state index in [-0.39, 0.29) is 28.7 Å². The zero-order valence-electron chi connectivity index (χ0n) is 15.1. The quantitative estimate of drug-likeness (QED) is 0.801. The maximum Gasteiger partial charge on any atom is 0.281 e. The summed E-state index contributed by atoms with van der Waals surface area (Å²) in [6.45, 7) is 3.69. The first-order valence-electron chi connectivity index (χ1n) is 8.95. The summed E-state index contributed by atoms with van der Waals surface area (Å²) in [6.07, 6.45) is 4.58. The number of hydrogen-bond donors (Lipinski definition) is 1. The van der Waals surface area contributed by atoms with Gasteiger partial charge in [-0.25, -0.2) is 0 Å². The molecule has 26 heavy (non-hydrogen) atoms. The van der Waals surface area contributed by atoms with Crippen molar-refractivity contribution >= 4 is 11.4 Å². The average Bonchev–Trinajstić information content (AvgIpc) is 3.16. The molecule has 1 aliphatic rings. The number of pyridine rings is 1. The highest BCUT2D eigenvalue weighted by atomic mass is 16.3. The van der Waals surface area contributed by atoms with E-state index in [1.807, 2.05) is 30.3 Å². The van der Waals surface area contributed by atoms with Gasteiger partial charge in [0, 0.05) is 11.6 Å². The highest BCUT2D eigenvalue weighted by molar-refractivity contribution is 5.57. The standard InChI is InChI=1S/C20H22N4O2/c1-3-14-8-10-15(11-9-14)22-23-18-13(2)17(12-21)19(25)24(20(18)26)16-6-4-5-7-16/h8-11,16,25H,3-7H2,1-2H3. The molecule has 0 bridgehead atoms. The molecule has 1 heterocycles. The number of azo groups is 1. The Morgan fingerprint density at radius 1 is 1.23 bits per heavy atom. The summed E-state index contributed by atoms with van der Waals surface area (Å²) in [5, 5.41) is 28.2. The van der Waals surface area contributed by atoms with Crippen LogP contribution in [0.25, 0.3) is 0 Å². The fraction of sp³-hybridized carbons (Fsp3) is 0.400. The van der Waals surface area contributed by atoms with Crippen LogP contribution in [0.4, 0.5) is 11.4 Å². The molecule has 1 aromatic heterocycles. The number of hydrogen-bond acceptors (Lipinski definition) is 5. The third kappa shape index (κ3) is 3.25. The highest BCUT2D eigenvalue weighted by Crippen LogP contribution is 2.35. The Morgan fingerprint density at radius 3 is 2.46 bits per heavy atom. The lowest BCUT2D eigenvalue weighted by Crippen LogP contribution is -2.24. The van der Waals surface area contributed by atoms with Crippen LogP contribution in [0.5, 0.6) is 5.88 Å². The number of nitrogens with zero attached hydrogens (tertiary/aromatic N) is 4. The van der Waals surface area contributed by atoms with Gasteiger partial charge in [-0.1, -0.05) is 31.9 Å². The minimum atomic E-state index is -0.389. The molecule has 0 atom stereocenters. The number of benzene rings is 1. The Bertz CT molecular complexity index is 930. The zero-order valence-corrected chi connectivity index (χ0v) is 15.1. The van der Waals surface area contributed by atoms with E-state index in [1.54, 1.807) is 6.92 Å². The first kappa shape index (κ1) is 17.9. The molecule has 1 aromatic carbocycles. The molecule has 0 unspecified atom stereocenters. The van der Waals surface area contributed by atoms with Crippen LogP contribution in [0.1, 0.15) is 55.3 Å². The van der Waals surface area contributed by atoms with Crippen LogP contribution in [-0.4, -0.2) is 9.67 Å². The minimum Gasteiger partial charge on any atom is -0.493 e. The monoisotopic (exact) mass is 350 g/mol. The Morgan fingerprint density at radius 2 is 1.88 bits per heavy atom.